The summed E-state index contributed by atoms with van der Waals surface area (Å²) in [6.45, 7) is 3.53. The van der Waals surface area contributed by atoms with Gasteiger partial charge in [0.25, 0.3) is 5.91 Å². The number of rotatable bonds is 6. The van der Waals surface area contributed by atoms with Crippen LogP contribution in [0.15, 0.2) is 41.4 Å². The molecule has 2 heterocycles. The van der Waals surface area contributed by atoms with Crippen LogP contribution in [0.1, 0.15) is 42.6 Å². The maximum Gasteiger partial charge on any atom is 0.259 e. The lowest BCUT2D eigenvalue weighted by molar-refractivity contribution is 0.0373. The van der Waals surface area contributed by atoms with Gasteiger partial charge in [-0.2, -0.15) is 4.31 Å². The van der Waals surface area contributed by atoms with E-state index in [1.54, 1.807) is 17.9 Å². The molecule has 1 aliphatic heterocycles. The first-order chi connectivity index (χ1) is 17.1. The van der Waals surface area contributed by atoms with Gasteiger partial charge in [0.05, 0.1) is 24.1 Å². The van der Waals surface area contributed by atoms with Gasteiger partial charge >= 0.3 is 0 Å². The van der Waals surface area contributed by atoms with Crippen LogP contribution in [0.2, 0.25) is 0 Å². The van der Waals surface area contributed by atoms with Crippen LogP contribution in [0.25, 0.3) is 0 Å². The van der Waals surface area contributed by atoms with Crippen LogP contribution in [-0.4, -0.2) is 72.5 Å². The Morgan fingerprint density at radius 1 is 1.33 bits per heavy atom. The average molecular weight is 516 g/mol. The normalized spacial score (nSPS) is 21.1. The Balaban J connectivity index is 1.66. The lowest BCUT2D eigenvalue weighted by atomic mass is 10.0. The molecule has 36 heavy (non-hydrogen) atoms. The number of fused-ring (bicyclic) bond motifs is 1. The quantitative estimate of drug-likeness (QED) is 0.594. The van der Waals surface area contributed by atoms with Crippen LogP contribution in [-0.2, 0) is 10.0 Å². The number of aromatic nitrogens is 1. The molecule has 0 radical (unpaired) electrons. The zero-order valence-electron chi connectivity index (χ0n) is 20.5. The van der Waals surface area contributed by atoms with Crippen molar-refractivity contribution in [3.63, 3.8) is 0 Å². The SMILES string of the molecule is C[C@@H]1CN([C@@H](C)CO)C(=O)c2cc(C#CC3CC3)cnc2O[C@@H]1CN(C)S(=O)(=O)c1cccc(F)c1. The second-order valence-electron chi connectivity index (χ2n) is 9.49. The highest BCUT2D eigenvalue weighted by Gasteiger charge is 2.36. The predicted octanol–water partition coefficient (Wildman–Crippen LogP) is 2.52. The molecular weight excluding hydrogens is 485 g/mol. The minimum Gasteiger partial charge on any atom is -0.472 e. The topological polar surface area (TPSA) is 100 Å². The molecule has 1 amide bonds. The minimum absolute atomic E-state index is 0.0556. The molecular formula is C26H30FN3O5S. The first-order valence-electron chi connectivity index (χ1n) is 11.9. The standard InChI is InChI=1S/C26H30FN3O5S/c1-17-14-30(18(2)16-31)26(32)23-11-20(10-9-19-7-8-19)13-28-25(23)35-24(17)15-29(3)36(33,34)22-6-4-5-21(27)12-22/h4-6,11-13,17-19,24,31H,7-8,14-16H2,1-3H3/t17-,18+,24-/m1/s1. The third-order valence-electron chi connectivity index (χ3n) is 6.46. The Hall–Kier alpha value is -3.00. The van der Waals surface area contributed by atoms with E-state index in [4.69, 9.17) is 4.74 Å². The lowest BCUT2D eigenvalue weighted by Crippen LogP contribution is -2.50. The summed E-state index contributed by atoms with van der Waals surface area (Å²) < 4.78 is 47.1. The third kappa shape index (κ3) is 5.69. The minimum atomic E-state index is -3.99. The smallest absolute Gasteiger partial charge is 0.259 e. The van der Waals surface area contributed by atoms with Crippen molar-refractivity contribution in [2.24, 2.45) is 11.8 Å². The fourth-order valence-corrected chi connectivity index (χ4v) is 5.18. The van der Waals surface area contributed by atoms with E-state index in [1.807, 2.05) is 6.92 Å². The second-order valence-corrected chi connectivity index (χ2v) is 11.5. The van der Waals surface area contributed by atoms with E-state index in [-0.39, 0.29) is 47.9 Å². The van der Waals surface area contributed by atoms with Gasteiger partial charge in [-0.3, -0.25) is 4.79 Å². The van der Waals surface area contributed by atoms with Crippen LogP contribution in [0, 0.1) is 29.5 Å². The Morgan fingerprint density at radius 3 is 2.75 bits per heavy atom. The number of ether oxygens (including phenoxy) is 1. The van der Waals surface area contributed by atoms with Crippen molar-refractivity contribution in [3.8, 4) is 17.7 Å². The number of pyridine rings is 1. The number of carbonyl (C=O) groups excluding carboxylic acids is 1. The van der Waals surface area contributed by atoms with Crippen molar-refractivity contribution in [2.75, 3.05) is 26.7 Å². The van der Waals surface area contributed by atoms with E-state index < -0.39 is 28.0 Å². The van der Waals surface area contributed by atoms with Crippen molar-refractivity contribution in [1.29, 1.82) is 0 Å². The second kappa shape index (κ2) is 10.5. The third-order valence-corrected chi connectivity index (χ3v) is 8.28. The number of halogens is 1. The molecule has 1 saturated carbocycles. The molecule has 8 nitrogen and oxygen atoms in total. The molecule has 0 unspecified atom stereocenters. The van der Waals surface area contributed by atoms with E-state index in [0.717, 1.165) is 23.2 Å². The van der Waals surface area contributed by atoms with Crippen LogP contribution in [0.4, 0.5) is 4.39 Å². The molecule has 1 fully saturated rings. The first-order valence-corrected chi connectivity index (χ1v) is 13.4. The summed E-state index contributed by atoms with van der Waals surface area (Å²) in [6.07, 6.45) is 3.01. The van der Waals surface area contributed by atoms with Crippen LogP contribution in [0.3, 0.4) is 0 Å². The lowest BCUT2D eigenvalue weighted by Gasteiger charge is -2.37. The Labute approximate surface area is 211 Å². The highest BCUT2D eigenvalue weighted by atomic mass is 32.2. The Kier molecular flexibility index (Phi) is 7.64. The van der Waals surface area contributed by atoms with Crippen LogP contribution in [0.5, 0.6) is 5.88 Å². The van der Waals surface area contributed by atoms with Crippen molar-refractivity contribution in [2.45, 2.75) is 43.7 Å². The molecule has 1 N–H and O–H groups in total. The molecule has 4 rings (SSSR count). The number of benzene rings is 1. The monoisotopic (exact) mass is 515 g/mol. The number of aliphatic hydroxyl groups excluding tert-OH is 1. The summed E-state index contributed by atoms with van der Waals surface area (Å²) in [7, 11) is -2.59. The predicted molar refractivity (Wildman–Crippen MR) is 131 cm³/mol. The van der Waals surface area contributed by atoms with E-state index in [2.05, 4.69) is 16.8 Å². The molecule has 10 heteroatoms. The fourth-order valence-electron chi connectivity index (χ4n) is 3.96. The summed E-state index contributed by atoms with van der Waals surface area (Å²) >= 11 is 0. The number of amides is 1. The maximum atomic E-state index is 13.7. The van der Waals surface area contributed by atoms with Gasteiger partial charge < -0.3 is 14.7 Å². The number of sulfonamides is 1. The first kappa shape index (κ1) is 26.1. The summed E-state index contributed by atoms with van der Waals surface area (Å²) in [5.74, 6) is 5.39. The number of aliphatic hydroxyl groups is 1. The highest BCUT2D eigenvalue weighted by molar-refractivity contribution is 7.89. The molecule has 1 aliphatic carbocycles. The zero-order valence-corrected chi connectivity index (χ0v) is 21.3. The van der Waals surface area contributed by atoms with Gasteiger partial charge in [0.1, 0.15) is 17.5 Å². The van der Waals surface area contributed by atoms with E-state index in [1.165, 1.54) is 31.4 Å². The van der Waals surface area contributed by atoms with Gasteiger partial charge in [-0.25, -0.2) is 17.8 Å². The molecule has 1 aromatic heterocycles. The van der Waals surface area contributed by atoms with Gasteiger partial charge in [-0.1, -0.05) is 24.8 Å². The zero-order chi connectivity index (χ0) is 26.0. The van der Waals surface area contributed by atoms with E-state index >= 15 is 0 Å². The highest BCUT2D eigenvalue weighted by Crippen LogP contribution is 2.29. The van der Waals surface area contributed by atoms with Crippen molar-refractivity contribution < 1.29 is 27.4 Å². The Morgan fingerprint density at radius 2 is 2.08 bits per heavy atom. The largest absolute Gasteiger partial charge is 0.472 e. The maximum absolute atomic E-state index is 13.7. The van der Waals surface area contributed by atoms with Gasteiger partial charge in [0, 0.05) is 37.2 Å². The van der Waals surface area contributed by atoms with Crippen molar-refractivity contribution >= 4 is 15.9 Å². The molecule has 3 atom stereocenters. The van der Waals surface area contributed by atoms with Crippen LogP contribution < -0.4 is 4.74 Å². The molecule has 1 aromatic carbocycles. The van der Waals surface area contributed by atoms with Gasteiger partial charge in [-0.05, 0) is 44.0 Å². The molecule has 2 aromatic rings. The fraction of sp³-hybridized carbons (Fsp3) is 0.462. The summed E-state index contributed by atoms with van der Waals surface area (Å²) in [6, 6.07) is 5.99. The van der Waals surface area contributed by atoms with E-state index in [9.17, 15) is 22.7 Å². The number of hydrogen-bond acceptors (Lipinski definition) is 6. The van der Waals surface area contributed by atoms with E-state index in [0.29, 0.717) is 11.5 Å². The molecule has 0 spiro atoms. The average Bonchev–Trinajstić information content (AvgIpc) is 3.69. The summed E-state index contributed by atoms with van der Waals surface area (Å²) in [5, 5.41) is 9.79. The Bertz CT molecular complexity index is 1300. The molecule has 0 saturated heterocycles. The molecule has 2 aliphatic rings. The molecule has 192 valence electrons. The molecule has 0 bridgehead atoms. The van der Waals surface area contributed by atoms with Crippen molar-refractivity contribution in [3.05, 3.63) is 53.5 Å². The van der Waals surface area contributed by atoms with Gasteiger partial charge in [0.2, 0.25) is 15.9 Å². The number of carbonyl (C=O) groups is 1. The number of nitrogens with zero attached hydrogens (tertiary/aromatic N) is 3. The van der Waals surface area contributed by atoms with Gasteiger partial charge in [0.15, 0.2) is 0 Å². The van der Waals surface area contributed by atoms with Crippen LogP contribution >= 0.6 is 0 Å². The summed E-state index contributed by atoms with van der Waals surface area (Å²) in [5.41, 5.74) is 0.801. The number of likely N-dealkylation sites (N-methyl/N-ethyl adjacent to an activating group) is 1. The number of hydrogen-bond donors (Lipinski definition) is 1. The van der Waals surface area contributed by atoms with Crippen molar-refractivity contribution in [1.82, 2.24) is 14.2 Å². The van der Waals surface area contributed by atoms with Gasteiger partial charge in [-0.15, -0.1) is 0 Å². The summed E-state index contributed by atoms with van der Waals surface area (Å²) in [4.78, 5) is 19.2.